The average molecular weight is 331 g/mol. The van der Waals surface area contributed by atoms with E-state index in [1.165, 1.54) is 7.11 Å². The molecule has 0 unspecified atom stereocenters. The average Bonchev–Trinajstić information content (AvgIpc) is 3.10. The maximum absolute atomic E-state index is 11.7. The van der Waals surface area contributed by atoms with Gasteiger partial charge in [0.15, 0.2) is 6.61 Å². The van der Waals surface area contributed by atoms with Gasteiger partial charge in [0, 0.05) is 6.54 Å². The Morgan fingerprint density at radius 2 is 1.96 bits per heavy atom. The highest BCUT2D eigenvalue weighted by Gasteiger charge is 2.15. The van der Waals surface area contributed by atoms with Crippen LogP contribution in [0.5, 0.6) is 0 Å². The van der Waals surface area contributed by atoms with Crippen LogP contribution in [0, 0.1) is 5.92 Å². The highest BCUT2D eigenvalue weighted by molar-refractivity contribution is 5.89. The number of nitrogens with one attached hydrogen (secondary N) is 1. The molecule has 1 aromatic carbocycles. The third kappa shape index (κ3) is 5.53. The second-order valence-electron chi connectivity index (χ2n) is 5.60. The fraction of sp³-hybridized carbons (Fsp3) is 0.389. The number of ether oxygens (including phenoxy) is 2. The number of rotatable bonds is 7. The van der Waals surface area contributed by atoms with Crippen LogP contribution in [0.2, 0.25) is 0 Å². The van der Waals surface area contributed by atoms with Gasteiger partial charge in [-0.1, -0.05) is 24.3 Å². The van der Waals surface area contributed by atoms with Gasteiger partial charge in [-0.3, -0.25) is 9.59 Å². The number of carbonyl (C=O) groups excluding carboxylic acids is 3. The fourth-order valence-corrected chi connectivity index (χ4v) is 2.41. The zero-order valence-corrected chi connectivity index (χ0v) is 13.6. The molecule has 0 bridgehead atoms. The minimum absolute atomic E-state index is 0.230. The van der Waals surface area contributed by atoms with Crippen molar-refractivity contribution in [2.24, 2.45) is 5.92 Å². The topological polar surface area (TPSA) is 81.7 Å². The van der Waals surface area contributed by atoms with Gasteiger partial charge in [-0.15, -0.1) is 0 Å². The smallest absolute Gasteiger partial charge is 0.337 e. The van der Waals surface area contributed by atoms with Gasteiger partial charge in [0.25, 0.3) is 5.91 Å². The lowest BCUT2D eigenvalue weighted by Crippen LogP contribution is -2.28. The minimum atomic E-state index is -0.408. The summed E-state index contributed by atoms with van der Waals surface area (Å²) < 4.78 is 9.59. The molecule has 0 aromatic heterocycles. The van der Waals surface area contributed by atoms with E-state index in [0.29, 0.717) is 18.5 Å². The Balaban J connectivity index is 1.68. The summed E-state index contributed by atoms with van der Waals surface area (Å²) in [5.74, 6) is -0.894. The van der Waals surface area contributed by atoms with Gasteiger partial charge in [-0.2, -0.15) is 0 Å². The molecule has 0 fully saturated rings. The Labute approximate surface area is 140 Å². The standard InChI is InChI=1S/C18H21NO5/c1-23-18(22)15-8-6-14(7-9-15)11-19-16(20)12-24-17(21)10-13-4-2-3-5-13/h2,4,6-9,13H,3,5,10-12H2,1H3,(H,19,20)/t13-/m1/s1. The number of hydrogen-bond donors (Lipinski definition) is 1. The number of methoxy groups -OCH3 is 1. The Morgan fingerprint density at radius 3 is 2.58 bits per heavy atom. The van der Waals surface area contributed by atoms with Crippen molar-refractivity contribution in [2.45, 2.75) is 25.8 Å². The van der Waals surface area contributed by atoms with Crippen LogP contribution < -0.4 is 5.32 Å². The zero-order chi connectivity index (χ0) is 17.4. The quantitative estimate of drug-likeness (QED) is 0.610. The number of allylic oxidation sites excluding steroid dienone is 2. The van der Waals surface area contributed by atoms with E-state index in [2.05, 4.69) is 16.1 Å². The van der Waals surface area contributed by atoms with Crippen molar-refractivity contribution in [3.05, 3.63) is 47.5 Å². The van der Waals surface area contributed by atoms with Crippen molar-refractivity contribution in [1.82, 2.24) is 5.32 Å². The molecule has 1 aromatic rings. The van der Waals surface area contributed by atoms with Crippen molar-refractivity contribution in [3.8, 4) is 0 Å². The summed E-state index contributed by atoms with van der Waals surface area (Å²) >= 11 is 0. The molecule has 1 aliphatic carbocycles. The Kier molecular flexibility index (Phi) is 6.54. The first-order valence-corrected chi connectivity index (χ1v) is 7.84. The highest BCUT2D eigenvalue weighted by atomic mass is 16.5. The molecule has 128 valence electrons. The number of hydrogen-bond acceptors (Lipinski definition) is 5. The summed E-state index contributed by atoms with van der Waals surface area (Å²) in [6, 6.07) is 6.71. The molecule has 0 saturated heterocycles. The molecule has 0 spiro atoms. The van der Waals surface area contributed by atoms with Crippen LogP contribution in [0.15, 0.2) is 36.4 Å². The van der Waals surface area contributed by atoms with Gasteiger partial charge in [-0.05, 0) is 36.5 Å². The van der Waals surface area contributed by atoms with E-state index in [9.17, 15) is 14.4 Å². The summed E-state index contributed by atoms with van der Waals surface area (Å²) in [7, 11) is 1.32. The van der Waals surface area contributed by atoms with E-state index < -0.39 is 5.97 Å². The lowest BCUT2D eigenvalue weighted by atomic mass is 10.1. The molecule has 1 atom stereocenters. The molecule has 0 radical (unpaired) electrons. The third-order valence-corrected chi connectivity index (χ3v) is 3.77. The van der Waals surface area contributed by atoms with E-state index in [1.54, 1.807) is 24.3 Å². The van der Waals surface area contributed by atoms with Crippen molar-refractivity contribution >= 4 is 17.8 Å². The molecule has 24 heavy (non-hydrogen) atoms. The predicted molar refractivity (Wildman–Crippen MR) is 87.1 cm³/mol. The SMILES string of the molecule is COC(=O)c1ccc(CNC(=O)COC(=O)C[C@@H]2C=CCC2)cc1. The molecule has 0 aliphatic heterocycles. The zero-order valence-electron chi connectivity index (χ0n) is 13.6. The molecular formula is C18H21NO5. The monoisotopic (exact) mass is 331 g/mol. The van der Waals surface area contributed by atoms with Crippen molar-refractivity contribution < 1.29 is 23.9 Å². The second-order valence-corrected chi connectivity index (χ2v) is 5.60. The van der Waals surface area contributed by atoms with Crippen LogP contribution in [0.25, 0.3) is 0 Å². The molecule has 0 heterocycles. The number of carbonyl (C=O) groups is 3. The van der Waals surface area contributed by atoms with Crippen LogP contribution in [0.1, 0.15) is 35.2 Å². The summed E-state index contributed by atoms with van der Waals surface area (Å²) in [4.78, 5) is 34.6. The molecular weight excluding hydrogens is 310 g/mol. The normalized spacial score (nSPS) is 15.8. The summed E-state index contributed by atoms with van der Waals surface area (Å²) in [5.41, 5.74) is 1.28. The molecule has 1 aliphatic rings. The lowest BCUT2D eigenvalue weighted by molar-refractivity contribution is -0.149. The Morgan fingerprint density at radius 1 is 1.21 bits per heavy atom. The first kappa shape index (κ1) is 17.7. The van der Waals surface area contributed by atoms with Crippen molar-refractivity contribution in [3.63, 3.8) is 0 Å². The molecule has 2 rings (SSSR count). The summed E-state index contributed by atoms with van der Waals surface area (Å²) in [6.07, 6.45) is 6.34. The first-order valence-electron chi connectivity index (χ1n) is 7.84. The van der Waals surface area contributed by atoms with Crippen LogP contribution in [0.3, 0.4) is 0 Å². The number of amides is 1. The van der Waals surface area contributed by atoms with E-state index >= 15 is 0 Å². The van der Waals surface area contributed by atoms with Gasteiger partial charge >= 0.3 is 11.9 Å². The van der Waals surface area contributed by atoms with Crippen molar-refractivity contribution in [1.29, 1.82) is 0 Å². The van der Waals surface area contributed by atoms with Crippen LogP contribution in [-0.4, -0.2) is 31.6 Å². The van der Waals surface area contributed by atoms with Crippen molar-refractivity contribution in [2.75, 3.05) is 13.7 Å². The largest absolute Gasteiger partial charge is 0.465 e. The van der Waals surface area contributed by atoms with Gasteiger partial charge in [-0.25, -0.2) is 4.79 Å². The molecule has 1 amide bonds. The van der Waals surface area contributed by atoms with E-state index in [4.69, 9.17) is 4.74 Å². The highest BCUT2D eigenvalue weighted by Crippen LogP contribution is 2.20. The van der Waals surface area contributed by atoms with Gasteiger partial charge in [0.05, 0.1) is 19.1 Å². The lowest BCUT2D eigenvalue weighted by Gasteiger charge is -2.09. The maximum Gasteiger partial charge on any atom is 0.337 e. The van der Waals surface area contributed by atoms with Gasteiger partial charge < -0.3 is 14.8 Å². The van der Waals surface area contributed by atoms with Crippen LogP contribution >= 0.6 is 0 Å². The molecule has 6 nitrogen and oxygen atoms in total. The fourth-order valence-electron chi connectivity index (χ4n) is 2.41. The summed E-state index contributed by atoms with van der Waals surface area (Å²) in [6.45, 7) is 0.0126. The number of benzene rings is 1. The number of esters is 2. The third-order valence-electron chi connectivity index (χ3n) is 3.77. The molecule has 1 N–H and O–H groups in total. The molecule has 0 saturated carbocycles. The summed E-state index contributed by atoms with van der Waals surface area (Å²) in [5, 5.41) is 2.66. The second kappa shape index (κ2) is 8.86. The van der Waals surface area contributed by atoms with Gasteiger partial charge in [0.2, 0.25) is 0 Å². The van der Waals surface area contributed by atoms with E-state index in [-0.39, 0.29) is 24.4 Å². The van der Waals surface area contributed by atoms with E-state index in [0.717, 1.165) is 18.4 Å². The van der Waals surface area contributed by atoms with E-state index in [1.807, 2.05) is 6.08 Å². The first-order chi connectivity index (χ1) is 11.6. The Hall–Kier alpha value is -2.63. The van der Waals surface area contributed by atoms with Gasteiger partial charge in [0.1, 0.15) is 0 Å². The predicted octanol–water partition coefficient (Wildman–Crippen LogP) is 1.99. The minimum Gasteiger partial charge on any atom is -0.465 e. The Bertz CT molecular complexity index is 621. The molecule has 6 heteroatoms. The van der Waals surface area contributed by atoms with Crippen LogP contribution in [0.4, 0.5) is 0 Å². The maximum atomic E-state index is 11.7. The van der Waals surface area contributed by atoms with Crippen LogP contribution in [-0.2, 0) is 25.6 Å².